The monoisotopic (exact) mass is 449 g/mol. The minimum absolute atomic E-state index is 0.112. The predicted molar refractivity (Wildman–Crippen MR) is 111 cm³/mol. The molecule has 0 fully saturated rings. The van der Waals surface area contributed by atoms with E-state index in [1.54, 1.807) is 25.1 Å². The summed E-state index contributed by atoms with van der Waals surface area (Å²) in [5.74, 6) is -2.94. The predicted octanol–water partition coefficient (Wildman–Crippen LogP) is 2.12. The molecule has 1 amide bonds. The standard InChI is InChI=1S/C20H21F2N5O3S/c1-20-14-9-13(25-18(28)17-15(22)8-12(21)10-24-17)7-6-11(14)4-3-5-16(20)31(29,30)27(2)19(23)26-20/h6-10,16H,3-5H2,1-2H3,(H2,23,26)(H,25,28)/t16-,20+/m0/s1. The summed E-state index contributed by atoms with van der Waals surface area (Å²) in [7, 11) is -2.35. The summed E-state index contributed by atoms with van der Waals surface area (Å²) in [4.78, 5) is 20.5. The number of aliphatic imine (C=N–C) groups is 1. The maximum atomic E-state index is 13.9. The number of guanidine groups is 1. The number of amides is 1. The van der Waals surface area contributed by atoms with Crippen molar-refractivity contribution in [2.75, 3.05) is 12.4 Å². The SMILES string of the molecule is CN1C(N)=N[C@]2(C)c3cc(NC(=O)c4ncc(F)cc4F)ccc3CCC[C@@H]2S1(=O)=O. The number of aryl methyl sites for hydroxylation is 1. The van der Waals surface area contributed by atoms with Crippen LogP contribution in [-0.2, 0) is 22.0 Å². The number of nitrogens with two attached hydrogens (primary N) is 1. The molecule has 2 aliphatic rings. The smallest absolute Gasteiger partial charge is 0.277 e. The number of nitrogens with one attached hydrogen (secondary N) is 1. The summed E-state index contributed by atoms with van der Waals surface area (Å²) in [6.45, 7) is 1.71. The molecule has 0 saturated heterocycles. The quantitative estimate of drug-likeness (QED) is 0.728. The molecule has 0 radical (unpaired) electrons. The van der Waals surface area contributed by atoms with Crippen molar-refractivity contribution in [3.8, 4) is 0 Å². The number of hydrogen-bond acceptors (Lipinski definition) is 6. The summed E-state index contributed by atoms with van der Waals surface area (Å²) >= 11 is 0. The van der Waals surface area contributed by atoms with Crippen LogP contribution in [-0.4, -0.2) is 41.9 Å². The van der Waals surface area contributed by atoms with E-state index in [2.05, 4.69) is 15.3 Å². The van der Waals surface area contributed by atoms with Crippen molar-refractivity contribution in [1.82, 2.24) is 9.29 Å². The first kappa shape index (κ1) is 21.2. The lowest BCUT2D eigenvalue weighted by Gasteiger charge is -2.41. The van der Waals surface area contributed by atoms with Crippen molar-refractivity contribution < 1.29 is 22.0 Å². The zero-order valence-electron chi connectivity index (χ0n) is 16.9. The lowest BCUT2D eigenvalue weighted by Crippen LogP contribution is -2.56. The third-order valence-corrected chi connectivity index (χ3v) is 8.25. The van der Waals surface area contributed by atoms with E-state index in [1.165, 1.54) is 7.05 Å². The van der Waals surface area contributed by atoms with Gasteiger partial charge in [0.25, 0.3) is 5.91 Å². The van der Waals surface area contributed by atoms with Gasteiger partial charge in [0.15, 0.2) is 11.5 Å². The first-order chi connectivity index (χ1) is 14.5. The minimum Gasteiger partial charge on any atom is -0.369 e. The lowest BCUT2D eigenvalue weighted by molar-refractivity contribution is 0.101. The number of carbonyl (C=O) groups is 1. The number of nitrogens with zero attached hydrogens (tertiary/aromatic N) is 3. The zero-order chi connectivity index (χ0) is 22.6. The molecule has 0 unspecified atom stereocenters. The van der Waals surface area contributed by atoms with Gasteiger partial charge in [-0.05, 0) is 49.4 Å². The fourth-order valence-electron chi connectivity index (χ4n) is 4.25. The number of carbonyl (C=O) groups excluding carboxylic acids is 1. The normalized spacial score (nSPS) is 24.5. The minimum atomic E-state index is -3.73. The molecule has 8 nitrogen and oxygen atoms in total. The number of fused-ring (bicyclic) bond motifs is 3. The summed E-state index contributed by atoms with van der Waals surface area (Å²) in [6.07, 6.45) is 2.44. The van der Waals surface area contributed by atoms with Crippen LogP contribution in [0.25, 0.3) is 0 Å². The number of aromatic nitrogens is 1. The fourth-order valence-corrected chi connectivity index (χ4v) is 6.16. The van der Waals surface area contributed by atoms with Crippen LogP contribution in [0.5, 0.6) is 0 Å². The average Bonchev–Trinajstić information content (AvgIpc) is 2.83. The van der Waals surface area contributed by atoms with Gasteiger partial charge in [-0.15, -0.1) is 0 Å². The Hall–Kier alpha value is -3.08. The molecule has 3 N–H and O–H groups in total. The van der Waals surface area contributed by atoms with Crippen LogP contribution < -0.4 is 11.1 Å². The molecule has 1 aromatic heterocycles. The highest BCUT2D eigenvalue weighted by Gasteiger charge is 2.51. The lowest BCUT2D eigenvalue weighted by atomic mass is 9.86. The Kier molecular flexibility index (Phi) is 4.95. The molecular formula is C20H21F2N5O3S. The van der Waals surface area contributed by atoms with Gasteiger partial charge >= 0.3 is 0 Å². The first-order valence-electron chi connectivity index (χ1n) is 9.63. The molecular weight excluding hydrogens is 428 g/mol. The molecule has 2 heterocycles. The molecule has 0 spiro atoms. The molecule has 1 aliphatic carbocycles. The first-order valence-corrected chi connectivity index (χ1v) is 11.1. The Morgan fingerprint density at radius 2 is 2.06 bits per heavy atom. The molecule has 11 heteroatoms. The largest absolute Gasteiger partial charge is 0.369 e. The second kappa shape index (κ2) is 7.26. The van der Waals surface area contributed by atoms with Crippen molar-refractivity contribution in [2.24, 2.45) is 10.7 Å². The Balaban J connectivity index is 1.76. The highest BCUT2D eigenvalue weighted by atomic mass is 32.2. The van der Waals surface area contributed by atoms with E-state index in [0.29, 0.717) is 36.6 Å². The van der Waals surface area contributed by atoms with E-state index < -0.39 is 44.0 Å². The van der Waals surface area contributed by atoms with Crippen LogP contribution in [0, 0.1) is 11.6 Å². The number of benzene rings is 1. The van der Waals surface area contributed by atoms with E-state index in [9.17, 15) is 22.0 Å². The Morgan fingerprint density at radius 1 is 1.32 bits per heavy atom. The molecule has 1 aliphatic heterocycles. The van der Waals surface area contributed by atoms with Crippen LogP contribution in [0.4, 0.5) is 14.5 Å². The molecule has 0 saturated carbocycles. The van der Waals surface area contributed by atoms with E-state index in [-0.39, 0.29) is 5.96 Å². The zero-order valence-corrected chi connectivity index (χ0v) is 17.7. The average molecular weight is 449 g/mol. The van der Waals surface area contributed by atoms with E-state index in [4.69, 9.17) is 5.73 Å². The molecule has 4 rings (SSSR count). The van der Waals surface area contributed by atoms with Crippen LogP contribution in [0.15, 0.2) is 35.5 Å². The van der Waals surface area contributed by atoms with Gasteiger partial charge in [-0.2, -0.15) is 0 Å². The van der Waals surface area contributed by atoms with Gasteiger partial charge < -0.3 is 11.1 Å². The molecule has 31 heavy (non-hydrogen) atoms. The Bertz CT molecular complexity index is 1220. The van der Waals surface area contributed by atoms with E-state index in [1.807, 2.05) is 0 Å². The van der Waals surface area contributed by atoms with Gasteiger partial charge in [0.05, 0.1) is 6.20 Å². The molecule has 164 valence electrons. The number of halogens is 2. The van der Waals surface area contributed by atoms with Crippen molar-refractivity contribution in [3.05, 3.63) is 58.9 Å². The van der Waals surface area contributed by atoms with Gasteiger partial charge in [0.2, 0.25) is 16.0 Å². The molecule has 2 aromatic rings. The maximum Gasteiger partial charge on any atom is 0.277 e. The van der Waals surface area contributed by atoms with Gasteiger partial charge in [0.1, 0.15) is 16.6 Å². The Labute approximate surface area is 178 Å². The summed E-state index contributed by atoms with van der Waals surface area (Å²) < 4.78 is 54.1. The van der Waals surface area contributed by atoms with Crippen LogP contribution in [0.1, 0.15) is 41.4 Å². The number of pyridine rings is 1. The highest BCUT2D eigenvalue weighted by molar-refractivity contribution is 7.90. The molecule has 2 atom stereocenters. The van der Waals surface area contributed by atoms with Crippen LogP contribution in [0.2, 0.25) is 0 Å². The number of rotatable bonds is 2. The van der Waals surface area contributed by atoms with Gasteiger partial charge in [-0.25, -0.2) is 31.5 Å². The van der Waals surface area contributed by atoms with Crippen molar-refractivity contribution in [2.45, 2.75) is 37.0 Å². The van der Waals surface area contributed by atoms with Crippen LogP contribution >= 0.6 is 0 Å². The number of sulfonamides is 1. The summed E-state index contributed by atoms with van der Waals surface area (Å²) in [5, 5.41) is 1.72. The summed E-state index contributed by atoms with van der Waals surface area (Å²) in [5.41, 5.74) is 6.05. The van der Waals surface area contributed by atoms with E-state index >= 15 is 0 Å². The van der Waals surface area contributed by atoms with Crippen molar-refractivity contribution in [1.29, 1.82) is 0 Å². The van der Waals surface area contributed by atoms with Gasteiger partial charge in [0, 0.05) is 18.8 Å². The second-order valence-electron chi connectivity index (χ2n) is 7.82. The second-order valence-corrected chi connectivity index (χ2v) is 9.97. The third kappa shape index (κ3) is 3.42. The molecule has 1 aromatic carbocycles. The van der Waals surface area contributed by atoms with Crippen molar-refractivity contribution in [3.63, 3.8) is 0 Å². The van der Waals surface area contributed by atoms with Crippen LogP contribution in [0.3, 0.4) is 0 Å². The Morgan fingerprint density at radius 3 is 2.77 bits per heavy atom. The van der Waals surface area contributed by atoms with Gasteiger partial charge in [-0.3, -0.25) is 4.79 Å². The topological polar surface area (TPSA) is 118 Å². The van der Waals surface area contributed by atoms with E-state index in [0.717, 1.165) is 16.1 Å². The number of anilines is 1. The maximum absolute atomic E-state index is 13.9. The van der Waals surface area contributed by atoms with Crippen molar-refractivity contribution >= 4 is 27.6 Å². The van der Waals surface area contributed by atoms with Gasteiger partial charge in [-0.1, -0.05) is 6.07 Å². The number of hydrogen-bond donors (Lipinski definition) is 2. The molecule has 0 bridgehead atoms. The summed E-state index contributed by atoms with van der Waals surface area (Å²) in [6, 6.07) is 5.62. The highest BCUT2D eigenvalue weighted by Crippen LogP contribution is 2.44. The fraction of sp³-hybridized carbons (Fsp3) is 0.350. The third-order valence-electron chi connectivity index (χ3n) is 5.89.